The highest BCUT2D eigenvalue weighted by molar-refractivity contribution is 5.82. The Balaban J connectivity index is 2.58. The van der Waals surface area contributed by atoms with Crippen molar-refractivity contribution in [3.05, 3.63) is 0 Å². The molecule has 0 unspecified atom stereocenters. The van der Waals surface area contributed by atoms with Crippen LogP contribution in [0, 0.1) is 11.8 Å². The van der Waals surface area contributed by atoms with Crippen molar-refractivity contribution in [2.75, 3.05) is 13.6 Å². The van der Waals surface area contributed by atoms with Gasteiger partial charge in [-0.2, -0.15) is 0 Å². The van der Waals surface area contributed by atoms with Gasteiger partial charge in [-0.3, -0.25) is 9.69 Å². The lowest BCUT2D eigenvalue weighted by atomic mass is 9.76. The summed E-state index contributed by atoms with van der Waals surface area (Å²) in [4.78, 5) is 14.1. The van der Waals surface area contributed by atoms with E-state index in [9.17, 15) is 4.79 Å². The quantitative estimate of drug-likeness (QED) is 0.732. The van der Waals surface area contributed by atoms with Crippen molar-refractivity contribution in [3.63, 3.8) is 0 Å². The van der Waals surface area contributed by atoms with Crippen LogP contribution >= 0.6 is 0 Å². The van der Waals surface area contributed by atoms with Gasteiger partial charge in [0.2, 0.25) is 0 Å². The van der Waals surface area contributed by atoms with Crippen LogP contribution in [0.4, 0.5) is 0 Å². The van der Waals surface area contributed by atoms with Gasteiger partial charge in [0.1, 0.15) is 5.78 Å². The van der Waals surface area contributed by atoms with Crippen molar-refractivity contribution in [1.82, 2.24) is 4.90 Å². The lowest BCUT2D eigenvalue weighted by Gasteiger charge is -2.44. The number of nitrogens with zero attached hydrogens (tertiary/aromatic N) is 1. The standard InChI is InChI=1S/C15H29NO/c1-12(2)14(17)11-16(5)15(3,4)13-9-7-6-8-10-13/h12-13H,6-11H2,1-5H3. The molecule has 0 bridgehead atoms. The van der Waals surface area contributed by atoms with Gasteiger partial charge >= 0.3 is 0 Å². The average Bonchev–Trinajstić information content (AvgIpc) is 2.29. The molecule has 0 spiro atoms. The molecule has 0 N–H and O–H groups in total. The van der Waals surface area contributed by atoms with E-state index in [0.29, 0.717) is 12.3 Å². The Labute approximate surface area is 107 Å². The fourth-order valence-electron chi connectivity index (χ4n) is 2.74. The second kappa shape index (κ2) is 5.99. The second-order valence-corrected chi connectivity index (χ2v) is 6.47. The van der Waals surface area contributed by atoms with Crippen molar-refractivity contribution in [2.24, 2.45) is 11.8 Å². The number of ketones is 1. The third kappa shape index (κ3) is 3.80. The topological polar surface area (TPSA) is 20.3 Å². The maximum Gasteiger partial charge on any atom is 0.149 e. The maximum atomic E-state index is 11.8. The molecule has 0 heterocycles. The van der Waals surface area contributed by atoms with Crippen molar-refractivity contribution in [3.8, 4) is 0 Å². The normalized spacial score (nSPS) is 19.0. The SMILES string of the molecule is CC(C)C(=O)CN(C)C(C)(C)C1CCCCC1. The van der Waals surface area contributed by atoms with Gasteiger partial charge in [-0.25, -0.2) is 0 Å². The Morgan fingerprint density at radius 2 is 1.76 bits per heavy atom. The van der Waals surface area contributed by atoms with Crippen LogP contribution in [0.1, 0.15) is 59.8 Å². The summed E-state index contributed by atoms with van der Waals surface area (Å²) in [5.41, 5.74) is 0.158. The van der Waals surface area contributed by atoms with E-state index in [2.05, 4.69) is 25.8 Å². The molecule has 1 aliphatic carbocycles. The number of Topliss-reactive ketones (excluding diaryl/α,β-unsaturated/α-hetero) is 1. The molecule has 1 fully saturated rings. The predicted octanol–water partition coefficient (Wildman–Crippen LogP) is 3.50. The van der Waals surface area contributed by atoms with Crippen molar-refractivity contribution in [1.29, 1.82) is 0 Å². The van der Waals surface area contributed by atoms with Gasteiger partial charge in [0, 0.05) is 11.5 Å². The van der Waals surface area contributed by atoms with Crippen LogP contribution in [0.5, 0.6) is 0 Å². The molecular weight excluding hydrogens is 210 g/mol. The molecular formula is C15H29NO. The molecule has 0 amide bonds. The van der Waals surface area contributed by atoms with Crippen molar-refractivity contribution in [2.45, 2.75) is 65.3 Å². The molecule has 0 aromatic heterocycles. The smallest absolute Gasteiger partial charge is 0.149 e. The number of likely N-dealkylation sites (N-methyl/N-ethyl adjacent to an activating group) is 1. The molecule has 0 atom stereocenters. The summed E-state index contributed by atoms with van der Waals surface area (Å²) in [6, 6.07) is 0. The van der Waals surface area contributed by atoms with Gasteiger partial charge in [0.25, 0.3) is 0 Å². The summed E-state index contributed by atoms with van der Waals surface area (Å²) in [6.07, 6.45) is 6.77. The lowest BCUT2D eigenvalue weighted by Crippen LogP contribution is -2.50. The van der Waals surface area contributed by atoms with Gasteiger partial charge in [-0.1, -0.05) is 33.1 Å². The minimum absolute atomic E-state index is 0.152. The minimum Gasteiger partial charge on any atom is -0.298 e. The Kier molecular flexibility index (Phi) is 5.18. The van der Waals surface area contributed by atoms with Gasteiger partial charge < -0.3 is 0 Å². The Hall–Kier alpha value is -0.370. The Morgan fingerprint density at radius 3 is 2.24 bits per heavy atom. The van der Waals surface area contributed by atoms with E-state index in [1.54, 1.807) is 0 Å². The maximum absolute atomic E-state index is 11.8. The van der Waals surface area contributed by atoms with Gasteiger partial charge in [-0.05, 0) is 39.7 Å². The first kappa shape index (κ1) is 14.7. The van der Waals surface area contributed by atoms with Gasteiger partial charge in [-0.15, -0.1) is 0 Å². The first-order valence-electron chi connectivity index (χ1n) is 7.09. The van der Waals surface area contributed by atoms with Crippen molar-refractivity contribution >= 4 is 5.78 Å². The second-order valence-electron chi connectivity index (χ2n) is 6.47. The van der Waals surface area contributed by atoms with E-state index < -0.39 is 0 Å². The monoisotopic (exact) mass is 239 g/mol. The number of hydrogen-bond donors (Lipinski definition) is 0. The summed E-state index contributed by atoms with van der Waals surface area (Å²) < 4.78 is 0. The van der Waals surface area contributed by atoms with E-state index in [1.807, 2.05) is 13.8 Å². The van der Waals surface area contributed by atoms with Crippen LogP contribution < -0.4 is 0 Å². The fraction of sp³-hybridized carbons (Fsp3) is 0.933. The average molecular weight is 239 g/mol. The van der Waals surface area contributed by atoms with E-state index in [4.69, 9.17) is 0 Å². The predicted molar refractivity (Wildman–Crippen MR) is 73.1 cm³/mol. The zero-order chi connectivity index (χ0) is 13.1. The number of hydrogen-bond acceptors (Lipinski definition) is 2. The molecule has 1 rings (SSSR count). The molecule has 0 radical (unpaired) electrons. The lowest BCUT2D eigenvalue weighted by molar-refractivity contribution is -0.124. The fourth-order valence-corrected chi connectivity index (χ4v) is 2.74. The van der Waals surface area contributed by atoms with Crippen LogP contribution in [0.25, 0.3) is 0 Å². The van der Waals surface area contributed by atoms with E-state index in [1.165, 1.54) is 32.1 Å². The summed E-state index contributed by atoms with van der Waals surface area (Å²) in [7, 11) is 2.11. The molecule has 1 saturated carbocycles. The number of carbonyl (C=O) groups excluding carboxylic acids is 1. The molecule has 0 aromatic carbocycles. The molecule has 17 heavy (non-hydrogen) atoms. The largest absolute Gasteiger partial charge is 0.298 e. The molecule has 0 aliphatic heterocycles. The third-order valence-electron chi connectivity index (χ3n) is 4.63. The molecule has 2 heteroatoms. The Morgan fingerprint density at radius 1 is 1.24 bits per heavy atom. The zero-order valence-corrected chi connectivity index (χ0v) is 12.3. The number of rotatable bonds is 5. The molecule has 100 valence electrons. The van der Waals surface area contributed by atoms with Crippen LogP contribution in [0.15, 0.2) is 0 Å². The Bertz CT molecular complexity index is 252. The highest BCUT2D eigenvalue weighted by Gasteiger charge is 2.34. The summed E-state index contributed by atoms with van der Waals surface area (Å²) in [6.45, 7) is 9.18. The van der Waals surface area contributed by atoms with Crippen LogP contribution in [0.2, 0.25) is 0 Å². The number of carbonyl (C=O) groups is 1. The molecule has 1 aliphatic rings. The van der Waals surface area contributed by atoms with E-state index >= 15 is 0 Å². The summed E-state index contributed by atoms with van der Waals surface area (Å²) in [5, 5.41) is 0. The summed E-state index contributed by atoms with van der Waals surface area (Å²) in [5.74, 6) is 1.26. The first-order valence-corrected chi connectivity index (χ1v) is 7.09. The highest BCUT2D eigenvalue weighted by Crippen LogP contribution is 2.35. The zero-order valence-electron chi connectivity index (χ0n) is 12.3. The van der Waals surface area contributed by atoms with E-state index in [-0.39, 0.29) is 11.5 Å². The molecule has 2 nitrogen and oxygen atoms in total. The molecule has 0 saturated heterocycles. The van der Waals surface area contributed by atoms with Gasteiger partial charge in [0.05, 0.1) is 6.54 Å². The van der Waals surface area contributed by atoms with Crippen molar-refractivity contribution < 1.29 is 4.79 Å². The van der Waals surface area contributed by atoms with E-state index in [0.717, 1.165) is 5.92 Å². The summed E-state index contributed by atoms with van der Waals surface area (Å²) >= 11 is 0. The highest BCUT2D eigenvalue weighted by atomic mass is 16.1. The van der Waals surface area contributed by atoms with Crippen LogP contribution in [-0.2, 0) is 4.79 Å². The van der Waals surface area contributed by atoms with Gasteiger partial charge in [0.15, 0.2) is 0 Å². The van der Waals surface area contributed by atoms with Crippen LogP contribution in [-0.4, -0.2) is 29.8 Å². The third-order valence-corrected chi connectivity index (χ3v) is 4.63. The first-order chi connectivity index (χ1) is 7.85. The molecule has 0 aromatic rings. The minimum atomic E-state index is 0.152. The van der Waals surface area contributed by atoms with Crippen LogP contribution in [0.3, 0.4) is 0 Å².